The van der Waals surface area contributed by atoms with Crippen molar-refractivity contribution in [3.05, 3.63) is 24.3 Å². The summed E-state index contributed by atoms with van der Waals surface area (Å²) in [5, 5.41) is 2.63. The van der Waals surface area contributed by atoms with Crippen molar-refractivity contribution in [3.63, 3.8) is 0 Å². The molecule has 0 radical (unpaired) electrons. The van der Waals surface area contributed by atoms with Crippen LogP contribution in [0.2, 0.25) is 0 Å². The number of benzene rings is 1. The van der Waals surface area contributed by atoms with Crippen molar-refractivity contribution in [3.8, 4) is 5.75 Å². The van der Waals surface area contributed by atoms with E-state index in [1.165, 1.54) is 12.1 Å². The van der Waals surface area contributed by atoms with E-state index in [4.69, 9.17) is 15.2 Å². The maximum absolute atomic E-state index is 11.9. The van der Waals surface area contributed by atoms with E-state index in [9.17, 15) is 18.0 Å². The van der Waals surface area contributed by atoms with Crippen LogP contribution < -0.4 is 15.8 Å². The summed E-state index contributed by atoms with van der Waals surface area (Å²) >= 11 is 0. The third-order valence-electron chi connectivity index (χ3n) is 3.14. The van der Waals surface area contributed by atoms with Gasteiger partial charge in [-0.2, -0.15) is 0 Å². The topological polar surface area (TPSA) is 125 Å². The molecule has 0 heterocycles. The monoisotopic (exact) mass is 386 g/mol. The van der Waals surface area contributed by atoms with Gasteiger partial charge in [-0.25, -0.2) is 13.2 Å². The number of hydrogen-bond donors (Lipinski definition) is 2. The summed E-state index contributed by atoms with van der Waals surface area (Å²) in [7, 11) is -3.36. The van der Waals surface area contributed by atoms with Gasteiger partial charge in [0.15, 0.2) is 9.84 Å². The van der Waals surface area contributed by atoms with E-state index >= 15 is 0 Å². The molecule has 8 nitrogen and oxygen atoms in total. The molecule has 26 heavy (non-hydrogen) atoms. The summed E-state index contributed by atoms with van der Waals surface area (Å²) in [5.74, 6) is -0.164. The van der Waals surface area contributed by atoms with Crippen molar-refractivity contribution in [2.75, 3.05) is 12.9 Å². The summed E-state index contributed by atoms with van der Waals surface area (Å²) in [6.45, 7) is 5.23. The molecule has 3 N–H and O–H groups in total. The molecule has 1 atom stereocenters. The van der Waals surface area contributed by atoms with E-state index in [1.807, 2.05) is 0 Å². The van der Waals surface area contributed by atoms with Crippen molar-refractivity contribution < 1.29 is 27.5 Å². The lowest BCUT2D eigenvalue weighted by molar-refractivity contribution is -0.118. The molecule has 0 saturated carbocycles. The lowest BCUT2D eigenvalue weighted by Crippen LogP contribution is -2.42. The summed E-state index contributed by atoms with van der Waals surface area (Å²) in [4.78, 5) is 23.1. The zero-order chi connectivity index (χ0) is 20.0. The fourth-order valence-electron chi connectivity index (χ4n) is 1.98. The predicted octanol–water partition coefficient (Wildman–Crippen LogP) is 1.63. The Morgan fingerprint density at radius 2 is 1.92 bits per heavy atom. The number of rotatable bonds is 8. The largest absolute Gasteiger partial charge is 0.491 e. The molecule has 0 bridgehead atoms. The summed E-state index contributed by atoms with van der Waals surface area (Å²) in [5.41, 5.74) is 4.49. The van der Waals surface area contributed by atoms with Crippen molar-refractivity contribution >= 4 is 21.8 Å². The third-order valence-corrected chi connectivity index (χ3v) is 4.26. The standard InChI is InChI=1S/C17H26N2O6S/c1-17(2,3)25-16(21)19-12(8-9-15(18)20)11-24-13-6-5-7-14(10-13)26(4,22)23/h5-7,10,12H,8-9,11H2,1-4H3,(H2,18,20)(H,19,21)/t12-/m0/s1. The molecule has 0 unspecified atom stereocenters. The fourth-order valence-corrected chi connectivity index (χ4v) is 2.64. The van der Waals surface area contributed by atoms with Crippen LogP contribution >= 0.6 is 0 Å². The maximum atomic E-state index is 11.9. The fraction of sp³-hybridized carbons (Fsp3) is 0.529. The molecule has 0 fully saturated rings. The van der Waals surface area contributed by atoms with Crippen LogP contribution in [0.4, 0.5) is 4.79 Å². The van der Waals surface area contributed by atoms with Gasteiger partial charge in [0, 0.05) is 12.7 Å². The summed E-state index contributed by atoms with van der Waals surface area (Å²) in [6.07, 6.45) is 0.791. The smallest absolute Gasteiger partial charge is 0.407 e. The van der Waals surface area contributed by atoms with Crippen LogP contribution in [-0.2, 0) is 19.4 Å². The Balaban J connectivity index is 2.76. The summed E-state index contributed by atoms with van der Waals surface area (Å²) < 4.78 is 34.0. The molecule has 0 spiro atoms. The molecular weight excluding hydrogens is 360 g/mol. The Hall–Kier alpha value is -2.29. The minimum Gasteiger partial charge on any atom is -0.491 e. The van der Waals surface area contributed by atoms with E-state index in [-0.39, 0.29) is 24.3 Å². The average molecular weight is 386 g/mol. The Kier molecular flexibility index (Phi) is 7.43. The van der Waals surface area contributed by atoms with Crippen molar-refractivity contribution in [2.45, 2.75) is 50.2 Å². The van der Waals surface area contributed by atoms with Crippen molar-refractivity contribution in [1.29, 1.82) is 0 Å². The summed E-state index contributed by atoms with van der Waals surface area (Å²) in [6, 6.07) is 5.50. The highest BCUT2D eigenvalue weighted by atomic mass is 32.2. The number of hydrogen-bond acceptors (Lipinski definition) is 6. The molecule has 0 saturated heterocycles. The predicted molar refractivity (Wildman–Crippen MR) is 96.6 cm³/mol. The first-order valence-corrected chi connectivity index (χ1v) is 9.97. The highest BCUT2D eigenvalue weighted by Gasteiger charge is 2.20. The van der Waals surface area contributed by atoms with Gasteiger partial charge in [0.1, 0.15) is 18.0 Å². The maximum Gasteiger partial charge on any atom is 0.407 e. The number of amides is 2. The molecule has 146 valence electrons. The number of alkyl carbamates (subject to hydrolysis) is 1. The van der Waals surface area contributed by atoms with E-state index < -0.39 is 33.5 Å². The molecule has 1 aromatic carbocycles. The number of nitrogens with one attached hydrogen (secondary N) is 1. The van der Waals surface area contributed by atoms with Crippen LogP contribution in [-0.4, -0.2) is 44.9 Å². The van der Waals surface area contributed by atoms with Gasteiger partial charge in [0.2, 0.25) is 5.91 Å². The van der Waals surface area contributed by atoms with Crippen LogP contribution in [0.5, 0.6) is 5.75 Å². The lowest BCUT2D eigenvalue weighted by Gasteiger charge is -2.23. The van der Waals surface area contributed by atoms with Crippen molar-refractivity contribution in [2.24, 2.45) is 5.73 Å². The lowest BCUT2D eigenvalue weighted by atomic mass is 10.1. The first-order valence-electron chi connectivity index (χ1n) is 8.07. The number of nitrogens with two attached hydrogens (primary N) is 1. The number of primary amides is 1. The molecule has 0 aliphatic rings. The van der Waals surface area contributed by atoms with Crippen LogP contribution in [0.1, 0.15) is 33.6 Å². The molecule has 9 heteroatoms. The van der Waals surface area contributed by atoms with Gasteiger partial charge < -0.3 is 20.5 Å². The minimum absolute atomic E-state index is 0.0275. The third kappa shape index (κ3) is 8.70. The number of ether oxygens (including phenoxy) is 2. The molecule has 0 aromatic heterocycles. The Bertz CT molecular complexity index is 740. The quantitative estimate of drug-likeness (QED) is 0.699. The molecule has 2 amide bonds. The Morgan fingerprint density at radius 1 is 1.27 bits per heavy atom. The molecular formula is C17H26N2O6S. The van der Waals surface area contributed by atoms with Crippen molar-refractivity contribution in [1.82, 2.24) is 5.32 Å². The first-order chi connectivity index (χ1) is 11.9. The van der Waals surface area contributed by atoms with Gasteiger partial charge in [0.05, 0.1) is 10.9 Å². The molecule has 0 aliphatic carbocycles. The van der Waals surface area contributed by atoms with Gasteiger partial charge in [-0.3, -0.25) is 4.79 Å². The Labute approximate surface area is 154 Å². The van der Waals surface area contributed by atoms with E-state index in [0.717, 1.165) is 6.26 Å². The highest BCUT2D eigenvalue weighted by molar-refractivity contribution is 7.90. The van der Waals surface area contributed by atoms with Gasteiger partial charge in [-0.05, 0) is 45.4 Å². The van der Waals surface area contributed by atoms with E-state index in [2.05, 4.69) is 5.32 Å². The molecule has 1 rings (SSSR count). The average Bonchev–Trinajstić information content (AvgIpc) is 2.47. The van der Waals surface area contributed by atoms with Crippen LogP contribution in [0.15, 0.2) is 29.2 Å². The van der Waals surface area contributed by atoms with Crippen LogP contribution in [0, 0.1) is 0 Å². The van der Waals surface area contributed by atoms with Crippen LogP contribution in [0.25, 0.3) is 0 Å². The first kappa shape index (κ1) is 21.8. The van der Waals surface area contributed by atoms with Crippen LogP contribution in [0.3, 0.4) is 0 Å². The second-order valence-electron chi connectivity index (χ2n) is 6.91. The normalized spacial score (nSPS) is 12.9. The molecule has 1 aromatic rings. The van der Waals surface area contributed by atoms with Gasteiger partial charge in [-0.15, -0.1) is 0 Å². The van der Waals surface area contributed by atoms with Gasteiger partial charge >= 0.3 is 6.09 Å². The highest BCUT2D eigenvalue weighted by Crippen LogP contribution is 2.18. The molecule has 0 aliphatic heterocycles. The number of sulfone groups is 1. The van der Waals surface area contributed by atoms with Gasteiger partial charge in [0.25, 0.3) is 0 Å². The second kappa shape index (κ2) is 8.88. The number of carbonyl (C=O) groups excluding carboxylic acids is 2. The SMILES string of the molecule is CC(C)(C)OC(=O)N[C@@H](CCC(N)=O)COc1cccc(S(C)(=O)=O)c1. The van der Waals surface area contributed by atoms with E-state index in [1.54, 1.807) is 32.9 Å². The second-order valence-corrected chi connectivity index (χ2v) is 8.92. The van der Waals surface area contributed by atoms with Gasteiger partial charge in [-0.1, -0.05) is 6.07 Å². The zero-order valence-corrected chi connectivity index (χ0v) is 16.3. The zero-order valence-electron chi connectivity index (χ0n) is 15.4. The Morgan fingerprint density at radius 3 is 2.46 bits per heavy atom. The minimum atomic E-state index is -3.36. The number of carbonyl (C=O) groups is 2. The van der Waals surface area contributed by atoms with E-state index in [0.29, 0.717) is 5.75 Å².